The number of aliphatic hydroxyl groups is 1. The Labute approximate surface area is 82.1 Å². The number of hydrogen-bond acceptors (Lipinski definition) is 4. The van der Waals surface area contributed by atoms with Crippen molar-refractivity contribution in [2.45, 2.75) is 31.9 Å². The summed E-state index contributed by atoms with van der Waals surface area (Å²) in [6.07, 6.45) is -1.08. The van der Waals surface area contributed by atoms with Crippen LogP contribution in [0.25, 0.3) is 0 Å². The van der Waals surface area contributed by atoms with Gasteiger partial charge in [-0.15, -0.1) is 0 Å². The molecule has 6 nitrogen and oxygen atoms in total. The molecule has 2 unspecified atom stereocenters. The lowest BCUT2D eigenvalue weighted by Crippen LogP contribution is -2.37. The van der Waals surface area contributed by atoms with Gasteiger partial charge >= 0.3 is 5.97 Å². The molecule has 0 radical (unpaired) electrons. The molecule has 0 rings (SSSR count). The summed E-state index contributed by atoms with van der Waals surface area (Å²) in [6.45, 7) is 1.87. The normalized spacial score (nSPS) is 14.7. The number of carbonyl (C=O) groups excluding carboxylic acids is 1. The number of rotatable bonds is 7. The summed E-state index contributed by atoms with van der Waals surface area (Å²) in [7, 11) is 0. The summed E-state index contributed by atoms with van der Waals surface area (Å²) < 4.78 is 0. The maximum atomic E-state index is 10.5. The largest absolute Gasteiger partial charge is 0.481 e. The fourth-order valence-electron chi connectivity index (χ4n) is 0.985. The third-order valence-corrected chi connectivity index (χ3v) is 1.62. The highest BCUT2D eigenvalue weighted by atomic mass is 16.4. The van der Waals surface area contributed by atoms with E-state index in [1.165, 1.54) is 0 Å². The minimum atomic E-state index is -1.05. The van der Waals surface area contributed by atoms with Crippen LogP contribution in [0.4, 0.5) is 0 Å². The predicted molar refractivity (Wildman–Crippen MR) is 49.5 cm³/mol. The molecule has 1 amide bonds. The number of nitrogens with two attached hydrogens (primary N) is 1. The van der Waals surface area contributed by atoms with Crippen LogP contribution in [0.2, 0.25) is 0 Å². The first-order valence-corrected chi connectivity index (χ1v) is 4.33. The number of aliphatic hydroxyl groups excluding tert-OH is 1. The zero-order valence-electron chi connectivity index (χ0n) is 8.06. The second-order valence-electron chi connectivity index (χ2n) is 3.23. The molecule has 0 spiro atoms. The van der Waals surface area contributed by atoms with Crippen LogP contribution in [0.15, 0.2) is 0 Å². The van der Waals surface area contributed by atoms with E-state index in [-0.39, 0.29) is 25.4 Å². The predicted octanol–water partition coefficient (Wildman–Crippen LogP) is -1.32. The van der Waals surface area contributed by atoms with Crippen molar-refractivity contribution in [1.82, 2.24) is 5.32 Å². The zero-order valence-corrected chi connectivity index (χ0v) is 8.06. The lowest BCUT2D eigenvalue weighted by molar-refractivity contribution is -0.139. The minimum Gasteiger partial charge on any atom is -0.481 e. The highest BCUT2D eigenvalue weighted by Crippen LogP contribution is 1.93. The van der Waals surface area contributed by atoms with Gasteiger partial charge in [-0.2, -0.15) is 0 Å². The van der Waals surface area contributed by atoms with Crippen LogP contribution in [-0.4, -0.2) is 40.8 Å². The van der Waals surface area contributed by atoms with E-state index >= 15 is 0 Å². The second-order valence-corrected chi connectivity index (χ2v) is 3.23. The standard InChI is InChI=1S/C8H16N2O4/c1-5(2-7(9)12)10-4-6(11)3-8(13)14/h5-6,10-11H,2-4H2,1H3,(H2,9,12)(H,13,14). The molecule has 0 heterocycles. The van der Waals surface area contributed by atoms with E-state index in [4.69, 9.17) is 15.9 Å². The van der Waals surface area contributed by atoms with E-state index < -0.39 is 18.0 Å². The molecule has 0 aliphatic heterocycles. The van der Waals surface area contributed by atoms with Crippen LogP contribution in [0.3, 0.4) is 0 Å². The van der Waals surface area contributed by atoms with E-state index in [2.05, 4.69) is 5.32 Å². The first-order valence-electron chi connectivity index (χ1n) is 4.33. The van der Waals surface area contributed by atoms with Crippen LogP contribution in [-0.2, 0) is 9.59 Å². The highest BCUT2D eigenvalue weighted by Gasteiger charge is 2.11. The van der Waals surface area contributed by atoms with Gasteiger partial charge in [0, 0.05) is 19.0 Å². The third-order valence-electron chi connectivity index (χ3n) is 1.62. The monoisotopic (exact) mass is 204 g/mol. The van der Waals surface area contributed by atoms with Crippen molar-refractivity contribution in [3.8, 4) is 0 Å². The Morgan fingerprint density at radius 2 is 2.00 bits per heavy atom. The number of carboxylic acid groups (broad SMARTS) is 1. The fraction of sp³-hybridized carbons (Fsp3) is 0.750. The highest BCUT2D eigenvalue weighted by molar-refractivity contribution is 5.74. The quantitative estimate of drug-likeness (QED) is 0.410. The maximum absolute atomic E-state index is 10.5. The number of primary amides is 1. The molecule has 0 saturated heterocycles. The van der Waals surface area contributed by atoms with Crippen molar-refractivity contribution in [2.24, 2.45) is 5.73 Å². The van der Waals surface area contributed by atoms with Crippen molar-refractivity contribution in [3.05, 3.63) is 0 Å². The van der Waals surface area contributed by atoms with Crippen molar-refractivity contribution < 1.29 is 19.8 Å². The van der Waals surface area contributed by atoms with Crippen LogP contribution >= 0.6 is 0 Å². The first kappa shape index (κ1) is 12.9. The molecule has 0 fully saturated rings. The Balaban J connectivity index is 3.60. The molecule has 0 aliphatic rings. The number of aliphatic carboxylic acids is 1. The van der Waals surface area contributed by atoms with Gasteiger partial charge in [0.25, 0.3) is 0 Å². The Hall–Kier alpha value is -1.14. The fourth-order valence-corrected chi connectivity index (χ4v) is 0.985. The molecule has 0 saturated carbocycles. The van der Waals surface area contributed by atoms with Crippen LogP contribution in [0.5, 0.6) is 0 Å². The van der Waals surface area contributed by atoms with Crippen LogP contribution < -0.4 is 11.1 Å². The molecule has 0 bridgehead atoms. The summed E-state index contributed by atoms with van der Waals surface area (Å²) in [4.78, 5) is 20.6. The van der Waals surface area contributed by atoms with Gasteiger partial charge in [-0.3, -0.25) is 9.59 Å². The average Bonchev–Trinajstić information content (AvgIpc) is 1.98. The van der Waals surface area contributed by atoms with E-state index in [1.807, 2.05) is 0 Å². The summed E-state index contributed by atoms with van der Waals surface area (Å²) >= 11 is 0. The van der Waals surface area contributed by atoms with Crippen molar-refractivity contribution >= 4 is 11.9 Å². The third kappa shape index (κ3) is 7.51. The van der Waals surface area contributed by atoms with E-state index in [1.54, 1.807) is 6.92 Å². The Morgan fingerprint density at radius 1 is 1.43 bits per heavy atom. The van der Waals surface area contributed by atoms with E-state index in [0.717, 1.165) is 0 Å². The number of carbonyl (C=O) groups is 2. The molecular weight excluding hydrogens is 188 g/mol. The Bertz CT molecular complexity index is 186. The second kappa shape index (κ2) is 6.33. The van der Waals surface area contributed by atoms with Gasteiger partial charge < -0.3 is 21.3 Å². The average molecular weight is 204 g/mol. The summed E-state index contributed by atoms with van der Waals surface area (Å²) in [5.74, 6) is -1.49. The first-order chi connectivity index (χ1) is 6.41. The van der Waals surface area contributed by atoms with Crippen molar-refractivity contribution in [3.63, 3.8) is 0 Å². The van der Waals surface area contributed by atoms with Gasteiger partial charge in [-0.1, -0.05) is 0 Å². The number of carboxylic acids is 1. The van der Waals surface area contributed by atoms with Gasteiger partial charge in [-0.05, 0) is 6.92 Å². The molecule has 6 heteroatoms. The minimum absolute atomic E-state index is 0.140. The van der Waals surface area contributed by atoms with Gasteiger partial charge in [0.05, 0.1) is 12.5 Å². The molecule has 0 aromatic carbocycles. The van der Waals surface area contributed by atoms with Gasteiger partial charge in [0.1, 0.15) is 0 Å². The molecular formula is C8H16N2O4. The molecule has 82 valence electrons. The van der Waals surface area contributed by atoms with Crippen LogP contribution in [0.1, 0.15) is 19.8 Å². The topological polar surface area (TPSA) is 113 Å². The summed E-state index contributed by atoms with van der Waals surface area (Å²) in [6, 6.07) is -0.157. The number of amides is 1. The lowest BCUT2D eigenvalue weighted by atomic mass is 10.2. The zero-order chi connectivity index (χ0) is 11.1. The van der Waals surface area contributed by atoms with Gasteiger partial charge in [0.15, 0.2) is 0 Å². The molecule has 0 aliphatic carbocycles. The Kier molecular flexibility index (Phi) is 5.82. The molecule has 5 N–H and O–H groups in total. The number of nitrogens with one attached hydrogen (secondary N) is 1. The number of hydrogen-bond donors (Lipinski definition) is 4. The molecule has 2 atom stereocenters. The lowest BCUT2D eigenvalue weighted by Gasteiger charge is -2.14. The van der Waals surface area contributed by atoms with Gasteiger partial charge in [-0.25, -0.2) is 0 Å². The SMILES string of the molecule is CC(CC(N)=O)NCC(O)CC(=O)O. The van der Waals surface area contributed by atoms with E-state index in [0.29, 0.717) is 0 Å². The van der Waals surface area contributed by atoms with Crippen molar-refractivity contribution in [2.75, 3.05) is 6.54 Å². The smallest absolute Gasteiger partial charge is 0.306 e. The summed E-state index contributed by atoms with van der Waals surface area (Å²) in [5.41, 5.74) is 4.94. The van der Waals surface area contributed by atoms with Crippen molar-refractivity contribution in [1.29, 1.82) is 0 Å². The maximum Gasteiger partial charge on any atom is 0.306 e. The molecule has 0 aromatic heterocycles. The van der Waals surface area contributed by atoms with E-state index in [9.17, 15) is 9.59 Å². The molecule has 14 heavy (non-hydrogen) atoms. The van der Waals surface area contributed by atoms with Crippen LogP contribution in [0, 0.1) is 0 Å². The molecule has 0 aromatic rings. The van der Waals surface area contributed by atoms with Gasteiger partial charge in [0.2, 0.25) is 5.91 Å². The Morgan fingerprint density at radius 3 is 2.43 bits per heavy atom. The summed E-state index contributed by atoms with van der Waals surface area (Å²) in [5, 5.41) is 20.3.